The summed E-state index contributed by atoms with van der Waals surface area (Å²) >= 11 is 0. The quantitative estimate of drug-likeness (QED) is 0.691. The fourth-order valence-corrected chi connectivity index (χ4v) is 4.53. The number of aliphatic hydroxyl groups excluding tert-OH is 1. The topological polar surface area (TPSA) is 84.1 Å². The molecule has 2 aromatic rings. The molecule has 0 radical (unpaired) electrons. The molecule has 0 spiro atoms. The van der Waals surface area contributed by atoms with Crippen LogP contribution >= 0.6 is 24.8 Å². The number of benzene rings is 2. The smallest absolute Gasteiger partial charge is 0.224 e. The van der Waals surface area contributed by atoms with Gasteiger partial charge in [0.1, 0.15) is 6.23 Å². The Morgan fingerprint density at radius 2 is 1.65 bits per heavy atom. The molecule has 2 aliphatic heterocycles. The van der Waals surface area contributed by atoms with Gasteiger partial charge in [0, 0.05) is 31.1 Å². The first kappa shape index (κ1) is 27.4. The van der Waals surface area contributed by atoms with E-state index in [0.29, 0.717) is 6.42 Å². The maximum atomic E-state index is 11.9. The van der Waals surface area contributed by atoms with Crippen LogP contribution in [0.4, 0.5) is 5.69 Å². The van der Waals surface area contributed by atoms with Crippen molar-refractivity contribution < 1.29 is 15.4 Å². The fourth-order valence-electron chi connectivity index (χ4n) is 4.53. The molecule has 2 heterocycles. The first-order valence-corrected chi connectivity index (χ1v) is 10.6. The number of halogens is 2. The van der Waals surface area contributed by atoms with Crippen molar-refractivity contribution in [2.45, 2.75) is 57.1 Å². The van der Waals surface area contributed by atoms with Crippen LogP contribution in [-0.4, -0.2) is 40.7 Å². The van der Waals surface area contributed by atoms with Gasteiger partial charge in [-0.3, -0.25) is 9.69 Å². The summed E-state index contributed by atoms with van der Waals surface area (Å²) in [7, 11) is 0. The number of aliphatic hydroxyl groups is 1. The van der Waals surface area contributed by atoms with Crippen molar-refractivity contribution in [2.75, 3.05) is 18.4 Å². The van der Waals surface area contributed by atoms with Gasteiger partial charge in [-0.2, -0.15) is 0 Å². The zero-order valence-corrected chi connectivity index (χ0v) is 19.4. The minimum absolute atomic E-state index is 0. The number of likely N-dealkylation sites (tertiary alicyclic amines) is 1. The summed E-state index contributed by atoms with van der Waals surface area (Å²) in [6.07, 6.45) is 6.25. The number of carbonyl (C=O) groups excluding carboxylic acids is 1. The van der Waals surface area contributed by atoms with Gasteiger partial charge in [0.05, 0.1) is 0 Å². The van der Waals surface area contributed by atoms with Crippen molar-refractivity contribution in [1.29, 1.82) is 0 Å². The summed E-state index contributed by atoms with van der Waals surface area (Å²) in [4.78, 5) is 14.1. The number of piperidine rings is 1. The maximum Gasteiger partial charge on any atom is 0.224 e. The molecule has 1 amide bonds. The molecule has 1 fully saturated rings. The largest absolute Gasteiger partial charge is 0.412 e. The van der Waals surface area contributed by atoms with Crippen LogP contribution in [0.15, 0.2) is 48.5 Å². The number of amides is 1. The van der Waals surface area contributed by atoms with E-state index in [1.54, 1.807) is 0 Å². The van der Waals surface area contributed by atoms with E-state index in [1.165, 1.54) is 17.5 Å². The highest BCUT2D eigenvalue weighted by Gasteiger charge is 2.29. The molecule has 172 valence electrons. The summed E-state index contributed by atoms with van der Waals surface area (Å²) < 4.78 is 0. The van der Waals surface area contributed by atoms with E-state index in [4.69, 9.17) is 0 Å². The van der Waals surface area contributed by atoms with Crippen molar-refractivity contribution in [2.24, 2.45) is 0 Å². The first-order chi connectivity index (χ1) is 13.7. The van der Waals surface area contributed by atoms with Gasteiger partial charge in [0.15, 0.2) is 0 Å². The van der Waals surface area contributed by atoms with Gasteiger partial charge in [0.2, 0.25) is 5.91 Å². The van der Waals surface area contributed by atoms with Gasteiger partial charge < -0.3 is 15.9 Å². The Morgan fingerprint density at radius 1 is 0.935 bits per heavy atom. The summed E-state index contributed by atoms with van der Waals surface area (Å²) in [5.74, 6) is 0.116. The second-order valence-corrected chi connectivity index (χ2v) is 8.12. The number of fused-ring (bicyclic) bond motifs is 1. The van der Waals surface area contributed by atoms with E-state index in [2.05, 4.69) is 46.6 Å². The van der Waals surface area contributed by atoms with Gasteiger partial charge >= 0.3 is 0 Å². The molecule has 31 heavy (non-hydrogen) atoms. The predicted molar refractivity (Wildman–Crippen MR) is 130 cm³/mol. The van der Waals surface area contributed by atoms with E-state index < -0.39 is 6.23 Å². The highest BCUT2D eigenvalue weighted by molar-refractivity contribution is 5.92. The third-order valence-corrected chi connectivity index (χ3v) is 6.10. The number of rotatable bonds is 5. The Morgan fingerprint density at radius 3 is 2.35 bits per heavy atom. The molecule has 0 bridgehead atoms. The second-order valence-electron chi connectivity index (χ2n) is 8.12. The van der Waals surface area contributed by atoms with Crippen molar-refractivity contribution in [3.63, 3.8) is 0 Å². The summed E-state index contributed by atoms with van der Waals surface area (Å²) in [5, 5.41) is 14.3. The lowest BCUT2D eigenvalue weighted by Gasteiger charge is -2.36. The van der Waals surface area contributed by atoms with Crippen molar-refractivity contribution >= 4 is 36.4 Å². The predicted octanol–water partition coefficient (Wildman–Crippen LogP) is 4.11. The van der Waals surface area contributed by atoms with Crippen LogP contribution in [0, 0.1) is 0 Å². The van der Waals surface area contributed by atoms with Gasteiger partial charge in [-0.15, -0.1) is 24.8 Å². The second kappa shape index (κ2) is 13.0. The standard InChI is InChI=1S/C24H30N2O2.2ClH.H2O/c27-23-11-7-10-20-17-19(12-13-22(20)25-23)21(16-18-8-3-1-4-9-18)24(28)26-14-5-2-6-15-26;;;/h1,3-4,8-9,12-13,17,21,24,28H,2,5-7,10-11,14-16H2,(H,25,27);2*1H;1H2/t21-,24-;;;/m1.../s1. The van der Waals surface area contributed by atoms with Crippen molar-refractivity contribution in [1.82, 2.24) is 4.90 Å². The molecule has 0 aromatic heterocycles. The monoisotopic (exact) mass is 468 g/mol. The average Bonchev–Trinajstić information content (AvgIpc) is 2.93. The van der Waals surface area contributed by atoms with E-state index >= 15 is 0 Å². The molecule has 4 N–H and O–H groups in total. The number of hydrogen-bond donors (Lipinski definition) is 2. The lowest BCUT2D eigenvalue weighted by atomic mass is 9.87. The molecule has 5 nitrogen and oxygen atoms in total. The number of aryl methyl sites for hydroxylation is 1. The van der Waals surface area contributed by atoms with Crippen LogP contribution in [0.3, 0.4) is 0 Å². The average molecular weight is 469 g/mol. The van der Waals surface area contributed by atoms with Crippen LogP contribution in [0.25, 0.3) is 0 Å². The van der Waals surface area contributed by atoms with E-state index in [9.17, 15) is 9.90 Å². The zero-order chi connectivity index (χ0) is 19.3. The molecule has 4 rings (SSSR count). The molecule has 0 aliphatic carbocycles. The Kier molecular flexibility index (Phi) is 11.5. The number of nitrogens with zero attached hydrogens (tertiary/aromatic N) is 1. The Bertz CT molecular complexity index is 814. The van der Waals surface area contributed by atoms with E-state index in [0.717, 1.165) is 56.4 Å². The first-order valence-electron chi connectivity index (χ1n) is 10.6. The highest BCUT2D eigenvalue weighted by Crippen LogP contribution is 2.32. The van der Waals surface area contributed by atoms with Crippen molar-refractivity contribution in [3.05, 3.63) is 65.2 Å². The molecule has 2 atom stereocenters. The summed E-state index contributed by atoms with van der Waals surface area (Å²) in [5.41, 5.74) is 4.52. The van der Waals surface area contributed by atoms with E-state index in [1.807, 2.05) is 12.1 Å². The zero-order valence-electron chi connectivity index (χ0n) is 17.8. The fraction of sp³-hybridized carbons (Fsp3) is 0.458. The summed E-state index contributed by atoms with van der Waals surface area (Å²) in [6.45, 7) is 1.93. The van der Waals surface area contributed by atoms with Gasteiger partial charge in [-0.05, 0) is 54.9 Å². The maximum absolute atomic E-state index is 11.9. The SMILES string of the molecule is Cl.Cl.O.O=C1CCCc2cc([C@@H](Cc3ccccc3)[C@@H](O)N3CCCCC3)ccc2N1. The van der Waals surface area contributed by atoms with Gasteiger partial charge in [-0.25, -0.2) is 0 Å². The van der Waals surface area contributed by atoms with Crippen LogP contribution < -0.4 is 5.32 Å². The molecule has 0 unspecified atom stereocenters. The van der Waals surface area contributed by atoms with Gasteiger partial charge in [0.25, 0.3) is 0 Å². The van der Waals surface area contributed by atoms with Crippen LogP contribution in [0.5, 0.6) is 0 Å². The molecule has 1 saturated heterocycles. The molecule has 2 aliphatic rings. The third-order valence-electron chi connectivity index (χ3n) is 6.10. The highest BCUT2D eigenvalue weighted by atomic mass is 35.5. The normalized spacial score (nSPS) is 18.0. The van der Waals surface area contributed by atoms with Crippen LogP contribution in [0.1, 0.15) is 54.7 Å². The van der Waals surface area contributed by atoms with Crippen molar-refractivity contribution in [3.8, 4) is 0 Å². The number of hydrogen-bond acceptors (Lipinski definition) is 3. The minimum atomic E-state index is -0.487. The Labute approximate surface area is 197 Å². The number of carbonyl (C=O) groups is 1. The summed E-state index contributed by atoms with van der Waals surface area (Å²) in [6, 6.07) is 16.8. The molecular weight excluding hydrogens is 435 g/mol. The van der Waals surface area contributed by atoms with Crippen LogP contribution in [-0.2, 0) is 17.6 Å². The number of nitrogens with one attached hydrogen (secondary N) is 1. The molecule has 7 heteroatoms. The lowest BCUT2D eigenvalue weighted by molar-refractivity contribution is -0.116. The van der Waals surface area contributed by atoms with E-state index in [-0.39, 0.29) is 42.1 Å². The third kappa shape index (κ3) is 6.93. The minimum Gasteiger partial charge on any atom is -0.412 e. The lowest BCUT2D eigenvalue weighted by Crippen LogP contribution is -2.43. The molecular formula is C24H34Cl2N2O3. The Balaban J connectivity index is 0.00000160. The number of anilines is 1. The Hall–Kier alpha value is -1.63. The van der Waals surface area contributed by atoms with Gasteiger partial charge in [-0.1, -0.05) is 48.9 Å². The van der Waals surface area contributed by atoms with Crippen LogP contribution in [0.2, 0.25) is 0 Å². The molecule has 2 aromatic carbocycles. The molecule has 0 saturated carbocycles.